The van der Waals surface area contributed by atoms with Crippen LogP contribution in [0.15, 0.2) is 30.3 Å². The Balaban J connectivity index is 1.59. The zero-order valence-electron chi connectivity index (χ0n) is 14.1. The lowest BCUT2D eigenvalue weighted by Gasteiger charge is -2.32. The minimum absolute atomic E-state index is 0.0341. The van der Waals surface area contributed by atoms with Gasteiger partial charge in [0.1, 0.15) is 0 Å². The summed E-state index contributed by atoms with van der Waals surface area (Å²) in [5, 5.41) is 12.3. The molecule has 0 bridgehead atoms. The van der Waals surface area contributed by atoms with Crippen LogP contribution >= 0.6 is 0 Å². The summed E-state index contributed by atoms with van der Waals surface area (Å²) in [4.78, 5) is 23.7. The van der Waals surface area contributed by atoms with Gasteiger partial charge in [0.25, 0.3) is 0 Å². The number of amides is 1. The number of aliphatic carboxylic acids is 1. The molecule has 1 aromatic carbocycles. The van der Waals surface area contributed by atoms with Crippen molar-refractivity contribution in [3.8, 4) is 0 Å². The quantitative estimate of drug-likeness (QED) is 0.831. The van der Waals surface area contributed by atoms with Crippen LogP contribution < -0.4 is 5.32 Å². The fourth-order valence-electron chi connectivity index (χ4n) is 3.92. The van der Waals surface area contributed by atoms with Gasteiger partial charge in [-0.25, -0.2) is 0 Å². The van der Waals surface area contributed by atoms with Gasteiger partial charge >= 0.3 is 5.97 Å². The number of nitrogens with one attached hydrogen (secondary N) is 1. The fourth-order valence-corrected chi connectivity index (χ4v) is 3.92. The van der Waals surface area contributed by atoms with E-state index in [1.54, 1.807) is 0 Å². The van der Waals surface area contributed by atoms with Crippen molar-refractivity contribution in [1.82, 2.24) is 5.32 Å². The molecule has 130 valence electrons. The molecule has 0 spiro atoms. The summed E-state index contributed by atoms with van der Waals surface area (Å²) in [6, 6.07) is 10.3. The molecule has 3 rings (SSSR count). The Kier molecular flexibility index (Phi) is 5.54. The van der Waals surface area contributed by atoms with Crippen LogP contribution in [0.3, 0.4) is 0 Å². The molecular formula is C20H27NO3. The zero-order chi connectivity index (χ0) is 16.9. The van der Waals surface area contributed by atoms with E-state index in [1.165, 1.54) is 24.8 Å². The van der Waals surface area contributed by atoms with Crippen molar-refractivity contribution in [3.05, 3.63) is 35.9 Å². The topological polar surface area (TPSA) is 66.4 Å². The molecular weight excluding hydrogens is 302 g/mol. The van der Waals surface area contributed by atoms with E-state index >= 15 is 0 Å². The molecule has 0 aromatic heterocycles. The third-order valence-corrected chi connectivity index (χ3v) is 5.76. The molecule has 2 fully saturated rings. The lowest BCUT2D eigenvalue weighted by Crippen LogP contribution is -2.37. The van der Waals surface area contributed by atoms with Gasteiger partial charge in [-0.1, -0.05) is 49.6 Å². The molecule has 1 aromatic rings. The van der Waals surface area contributed by atoms with Crippen LogP contribution in [-0.2, 0) is 9.59 Å². The molecule has 1 amide bonds. The van der Waals surface area contributed by atoms with Crippen molar-refractivity contribution in [3.63, 3.8) is 0 Å². The number of rotatable bonds is 6. The molecule has 2 aliphatic rings. The highest BCUT2D eigenvalue weighted by Crippen LogP contribution is 2.35. The van der Waals surface area contributed by atoms with E-state index < -0.39 is 5.97 Å². The van der Waals surface area contributed by atoms with Gasteiger partial charge in [-0.05, 0) is 43.6 Å². The second kappa shape index (κ2) is 7.82. The first-order chi connectivity index (χ1) is 11.6. The average molecular weight is 329 g/mol. The maximum Gasteiger partial charge on any atom is 0.306 e. The third kappa shape index (κ3) is 4.16. The van der Waals surface area contributed by atoms with E-state index in [2.05, 4.69) is 17.4 Å². The molecule has 0 saturated heterocycles. The molecule has 2 N–H and O–H groups in total. The van der Waals surface area contributed by atoms with E-state index in [9.17, 15) is 9.59 Å². The van der Waals surface area contributed by atoms with Crippen molar-refractivity contribution < 1.29 is 14.7 Å². The summed E-state index contributed by atoms with van der Waals surface area (Å²) in [5.74, 6) is -0.201. The highest BCUT2D eigenvalue weighted by atomic mass is 16.4. The Hall–Kier alpha value is -1.84. The Bertz CT molecular complexity index is 560. The molecule has 0 aliphatic heterocycles. The van der Waals surface area contributed by atoms with Gasteiger partial charge in [-0.3, -0.25) is 9.59 Å². The number of carboxylic acid groups (broad SMARTS) is 1. The van der Waals surface area contributed by atoms with Gasteiger partial charge in [0.05, 0.1) is 12.0 Å². The Morgan fingerprint density at radius 1 is 1.00 bits per heavy atom. The molecule has 4 heteroatoms. The van der Waals surface area contributed by atoms with Crippen LogP contribution in [0, 0.1) is 17.8 Å². The number of hydrogen-bond donors (Lipinski definition) is 2. The monoisotopic (exact) mass is 329 g/mol. The Labute approximate surface area is 143 Å². The summed E-state index contributed by atoms with van der Waals surface area (Å²) in [6.07, 6.45) is 7.46. The highest BCUT2D eigenvalue weighted by molar-refractivity contribution is 5.79. The predicted octanol–water partition coefficient (Wildman–Crippen LogP) is 3.93. The van der Waals surface area contributed by atoms with Crippen molar-refractivity contribution in [2.45, 2.75) is 57.4 Å². The SMILES string of the molecule is O=C(O)C1CCC(C(=O)NC(CC2CCC2)c2ccccc2)CC1. The van der Waals surface area contributed by atoms with Gasteiger partial charge in [0.15, 0.2) is 0 Å². The number of carbonyl (C=O) groups is 2. The van der Waals surface area contributed by atoms with Gasteiger partial charge < -0.3 is 10.4 Å². The van der Waals surface area contributed by atoms with Gasteiger partial charge in [-0.15, -0.1) is 0 Å². The maximum absolute atomic E-state index is 12.7. The summed E-state index contributed by atoms with van der Waals surface area (Å²) in [7, 11) is 0. The number of benzene rings is 1. The van der Waals surface area contributed by atoms with Crippen molar-refractivity contribution in [1.29, 1.82) is 0 Å². The highest BCUT2D eigenvalue weighted by Gasteiger charge is 2.31. The predicted molar refractivity (Wildman–Crippen MR) is 92.4 cm³/mol. The molecule has 1 unspecified atom stereocenters. The average Bonchev–Trinajstić information content (AvgIpc) is 2.57. The molecule has 2 saturated carbocycles. The van der Waals surface area contributed by atoms with Crippen LogP contribution in [-0.4, -0.2) is 17.0 Å². The summed E-state index contributed by atoms with van der Waals surface area (Å²) >= 11 is 0. The van der Waals surface area contributed by atoms with Gasteiger partial charge in [0.2, 0.25) is 5.91 Å². The first-order valence-electron chi connectivity index (χ1n) is 9.21. The van der Waals surface area contributed by atoms with E-state index in [0.29, 0.717) is 25.7 Å². The summed E-state index contributed by atoms with van der Waals surface area (Å²) in [5.41, 5.74) is 1.18. The van der Waals surface area contributed by atoms with Gasteiger partial charge in [-0.2, -0.15) is 0 Å². The lowest BCUT2D eigenvalue weighted by molar-refractivity contribution is -0.144. The van der Waals surface area contributed by atoms with Crippen LogP contribution in [0.25, 0.3) is 0 Å². The van der Waals surface area contributed by atoms with E-state index in [-0.39, 0.29) is 23.8 Å². The molecule has 4 nitrogen and oxygen atoms in total. The second-order valence-corrected chi connectivity index (χ2v) is 7.39. The third-order valence-electron chi connectivity index (χ3n) is 5.76. The number of carboxylic acids is 1. The Morgan fingerprint density at radius 3 is 2.17 bits per heavy atom. The van der Waals surface area contributed by atoms with Crippen LogP contribution in [0.4, 0.5) is 0 Å². The normalized spacial score (nSPS) is 25.5. The van der Waals surface area contributed by atoms with Crippen LogP contribution in [0.5, 0.6) is 0 Å². The van der Waals surface area contributed by atoms with Crippen LogP contribution in [0.2, 0.25) is 0 Å². The summed E-state index contributed by atoms with van der Waals surface area (Å²) < 4.78 is 0. The minimum Gasteiger partial charge on any atom is -0.481 e. The first kappa shape index (κ1) is 17.0. The van der Waals surface area contributed by atoms with Crippen molar-refractivity contribution in [2.75, 3.05) is 0 Å². The minimum atomic E-state index is -0.721. The molecule has 0 heterocycles. The van der Waals surface area contributed by atoms with E-state index in [4.69, 9.17) is 5.11 Å². The fraction of sp³-hybridized carbons (Fsp3) is 0.600. The second-order valence-electron chi connectivity index (χ2n) is 7.39. The lowest BCUT2D eigenvalue weighted by atomic mass is 9.79. The first-order valence-corrected chi connectivity index (χ1v) is 9.21. The van der Waals surface area contributed by atoms with E-state index in [0.717, 1.165) is 12.3 Å². The Morgan fingerprint density at radius 2 is 1.62 bits per heavy atom. The zero-order valence-corrected chi connectivity index (χ0v) is 14.1. The van der Waals surface area contributed by atoms with E-state index in [1.807, 2.05) is 18.2 Å². The summed E-state index contributed by atoms with van der Waals surface area (Å²) in [6.45, 7) is 0. The molecule has 24 heavy (non-hydrogen) atoms. The molecule has 2 aliphatic carbocycles. The molecule has 1 atom stereocenters. The smallest absolute Gasteiger partial charge is 0.306 e. The number of carbonyl (C=O) groups excluding carboxylic acids is 1. The van der Waals surface area contributed by atoms with Crippen molar-refractivity contribution >= 4 is 11.9 Å². The largest absolute Gasteiger partial charge is 0.481 e. The van der Waals surface area contributed by atoms with Gasteiger partial charge in [0, 0.05) is 5.92 Å². The number of hydrogen-bond acceptors (Lipinski definition) is 2. The van der Waals surface area contributed by atoms with Crippen molar-refractivity contribution in [2.24, 2.45) is 17.8 Å². The maximum atomic E-state index is 12.7. The van der Waals surface area contributed by atoms with Crippen LogP contribution in [0.1, 0.15) is 63.0 Å². The molecule has 0 radical (unpaired) electrons. The standard InChI is InChI=1S/C20H27NO3/c22-19(16-9-11-17(12-10-16)20(23)24)21-18(13-14-5-4-6-14)15-7-2-1-3-8-15/h1-3,7-8,14,16-18H,4-6,9-13H2,(H,21,22)(H,23,24).